The van der Waals surface area contributed by atoms with Crippen molar-refractivity contribution in [3.63, 3.8) is 0 Å². The molecule has 66 heavy (non-hydrogen) atoms. The van der Waals surface area contributed by atoms with Crippen molar-refractivity contribution < 1.29 is 20.1 Å². The van der Waals surface area contributed by atoms with Crippen molar-refractivity contribution in [1.29, 1.82) is 0 Å². The molecule has 0 amide bonds. The molecule has 0 spiro atoms. The Morgan fingerprint density at radius 1 is 0.379 bits per heavy atom. The number of aromatic nitrogens is 5. The van der Waals surface area contributed by atoms with Gasteiger partial charge in [-0.1, -0.05) is 136 Å². The summed E-state index contributed by atoms with van der Waals surface area (Å²) in [5.41, 5.74) is 19.9. The molecule has 0 fully saturated rings. The number of hydrogen-bond acceptors (Lipinski definition) is 4. The Hall–Kier alpha value is -8.15. The van der Waals surface area contributed by atoms with Crippen LogP contribution in [0, 0.1) is 18.2 Å². The number of benzene rings is 7. The molecule has 0 aliphatic rings. The third-order valence-electron chi connectivity index (χ3n) is 12.2. The van der Waals surface area contributed by atoms with E-state index < -0.39 is 0 Å². The second-order valence-corrected chi connectivity index (χ2v) is 16.0. The largest absolute Gasteiger partial charge is 3.00 e. The molecule has 0 saturated heterocycles. The van der Waals surface area contributed by atoms with E-state index in [1.165, 1.54) is 0 Å². The maximum Gasteiger partial charge on any atom is 3.00 e. The molecule has 310 valence electrons. The zero-order valence-electron chi connectivity index (χ0n) is 35.4. The van der Waals surface area contributed by atoms with Gasteiger partial charge in [0.25, 0.3) is 0 Å². The minimum absolute atomic E-state index is 0. The van der Waals surface area contributed by atoms with Crippen LogP contribution in [0.25, 0.3) is 117 Å². The Kier molecular flexibility index (Phi) is 10.7. The first-order valence-electron chi connectivity index (χ1n) is 21.6. The van der Waals surface area contributed by atoms with Gasteiger partial charge in [-0.15, -0.1) is 83.2 Å². The molecule has 0 saturated carbocycles. The Morgan fingerprint density at radius 2 is 0.848 bits per heavy atom. The first-order valence-corrected chi connectivity index (χ1v) is 21.6. The number of imidazole rings is 1. The molecule has 0 atom stereocenters. The van der Waals surface area contributed by atoms with E-state index in [9.17, 15) is 0 Å². The summed E-state index contributed by atoms with van der Waals surface area (Å²) in [5, 5.41) is 2.03. The number of hydrogen-bond donors (Lipinski definition) is 0. The van der Waals surface area contributed by atoms with E-state index in [-0.39, 0.29) is 20.1 Å². The van der Waals surface area contributed by atoms with Gasteiger partial charge in [0.15, 0.2) is 0 Å². The number of pyridine rings is 4. The normalized spacial score (nSPS) is 11.2. The fourth-order valence-corrected chi connectivity index (χ4v) is 9.12. The van der Waals surface area contributed by atoms with Gasteiger partial charge in [0.05, 0.1) is 6.33 Å². The van der Waals surface area contributed by atoms with E-state index >= 15 is 0 Å². The molecule has 12 rings (SSSR count). The first-order chi connectivity index (χ1) is 32.2. The van der Waals surface area contributed by atoms with Gasteiger partial charge in [-0.3, -0.25) is 0 Å². The molecular weight excluding hydrogens is 983 g/mol. The van der Waals surface area contributed by atoms with E-state index in [1.54, 1.807) is 0 Å². The minimum atomic E-state index is 0. The van der Waals surface area contributed by atoms with Crippen LogP contribution in [0.3, 0.4) is 0 Å². The Bertz CT molecular complexity index is 3550. The summed E-state index contributed by atoms with van der Waals surface area (Å²) < 4.78 is 2.12. The first kappa shape index (κ1) is 40.6. The average molecular weight is 1020 g/mol. The third kappa shape index (κ3) is 7.38. The van der Waals surface area contributed by atoms with E-state index in [4.69, 9.17) is 4.98 Å². The summed E-state index contributed by atoms with van der Waals surface area (Å²) in [6, 6.07) is 76.8. The van der Waals surface area contributed by atoms with Crippen LogP contribution >= 0.6 is 0 Å². The van der Waals surface area contributed by atoms with Crippen LogP contribution in [0.5, 0.6) is 0 Å². The van der Waals surface area contributed by atoms with E-state index in [0.29, 0.717) is 0 Å². The average Bonchev–Trinajstić information content (AvgIpc) is 3.90. The number of fused-ring (bicyclic) bond motifs is 6. The second-order valence-electron chi connectivity index (χ2n) is 16.0. The van der Waals surface area contributed by atoms with Gasteiger partial charge in [0.2, 0.25) is 0 Å². The zero-order chi connectivity index (χ0) is 43.1. The summed E-state index contributed by atoms with van der Waals surface area (Å²) in [4.78, 5) is 18.5. The molecule has 0 aliphatic carbocycles. The molecule has 0 bridgehead atoms. The molecule has 0 aliphatic heterocycles. The molecular formula is C60H36IrN5. The van der Waals surface area contributed by atoms with Crippen molar-refractivity contribution >= 4 is 27.3 Å². The van der Waals surface area contributed by atoms with Crippen LogP contribution < -0.4 is 0 Å². The Labute approximate surface area is 396 Å². The predicted molar refractivity (Wildman–Crippen MR) is 264 cm³/mol. The molecule has 12 aromatic rings. The summed E-state index contributed by atoms with van der Waals surface area (Å²) in [5.74, 6) is 0. The molecule has 5 heterocycles. The quantitative estimate of drug-likeness (QED) is 0.112. The number of rotatable bonds is 8. The summed E-state index contributed by atoms with van der Waals surface area (Å²) in [6.45, 7) is 0. The van der Waals surface area contributed by atoms with E-state index in [0.717, 1.165) is 117 Å². The summed E-state index contributed by atoms with van der Waals surface area (Å²) in [7, 11) is 0. The maximum absolute atomic E-state index is 4.79. The van der Waals surface area contributed by atoms with Crippen molar-refractivity contribution in [1.82, 2.24) is 24.3 Å². The van der Waals surface area contributed by atoms with Gasteiger partial charge in [-0.2, -0.15) is 0 Å². The van der Waals surface area contributed by atoms with Crippen LogP contribution in [0.2, 0.25) is 0 Å². The standard InChI is InChI=1S/C60H36N5.Ir/c1-4-15-51(48(12-1)40-21-25-42(26-22-40)56-18-7-9-31-62-56)45-34-46(52-16-5-2-13-49(52)41-23-27-43(28-24-41)57-19-8-10-32-63-57)36-47(35-45)53-17-6-3-14-50(53)44-29-30-54-55(37-44)59-38-61-39-65(59)58-20-11-33-64-60(54)58;/h1-25,27,29,31-39H;/q-3;+3. The van der Waals surface area contributed by atoms with E-state index in [2.05, 4.69) is 183 Å². The smallest absolute Gasteiger partial charge is 0.314 e. The van der Waals surface area contributed by atoms with Gasteiger partial charge < -0.3 is 19.4 Å². The monoisotopic (exact) mass is 1020 g/mol. The van der Waals surface area contributed by atoms with Crippen LogP contribution in [-0.4, -0.2) is 24.3 Å². The molecule has 5 aromatic heterocycles. The molecule has 6 heteroatoms. The van der Waals surface area contributed by atoms with Gasteiger partial charge in [0, 0.05) is 41.3 Å². The van der Waals surface area contributed by atoms with Crippen LogP contribution in [0.1, 0.15) is 0 Å². The van der Waals surface area contributed by atoms with Crippen molar-refractivity contribution in [2.24, 2.45) is 0 Å². The summed E-state index contributed by atoms with van der Waals surface area (Å²) in [6.07, 6.45) is 9.27. The van der Waals surface area contributed by atoms with Gasteiger partial charge in [-0.05, 0) is 87.2 Å². The molecule has 0 radical (unpaired) electrons. The SMILES string of the molecule is [Ir+3].[c-]1cc(-c2ccccc2-c2cc(-c3ccccc3-c3c[c-]c(-c4ccccn4)cc3)cc(-c3ccccc3-c3c[c-]c4c(c3)c3cncn3c3cccnc43)c2)ccc1-c1ccccn1. The molecule has 0 N–H and O–H groups in total. The summed E-state index contributed by atoms with van der Waals surface area (Å²) >= 11 is 0. The fourth-order valence-electron chi connectivity index (χ4n) is 9.12. The van der Waals surface area contributed by atoms with Crippen molar-refractivity contribution in [2.45, 2.75) is 0 Å². The predicted octanol–water partition coefficient (Wildman–Crippen LogP) is 14.6. The Morgan fingerprint density at radius 3 is 1.33 bits per heavy atom. The number of nitrogens with zero attached hydrogens (tertiary/aromatic N) is 5. The topological polar surface area (TPSA) is 56.0 Å². The molecule has 0 unspecified atom stereocenters. The van der Waals surface area contributed by atoms with Gasteiger partial charge in [0.1, 0.15) is 0 Å². The second kappa shape index (κ2) is 17.4. The minimum Gasteiger partial charge on any atom is -0.314 e. The fraction of sp³-hybridized carbons (Fsp3) is 0. The third-order valence-corrected chi connectivity index (χ3v) is 12.2. The Balaban J connectivity index is 0.00000481. The van der Waals surface area contributed by atoms with E-state index in [1.807, 2.05) is 73.6 Å². The molecule has 5 nitrogen and oxygen atoms in total. The van der Waals surface area contributed by atoms with Gasteiger partial charge in [-0.25, -0.2) is 4.98 Å². The van der Waals surface area contributed by atoms with Crippen molar-refractivity contribution in [2.75, 3.05) is 0 Å². The van der Waals surface area contributed by atoms with Crippen molar-refractivity contribution in [3.8, 4) is 89.3 Å². The van der Waals surface area contributed by atoms with Crippen molar-refractivity contribution in [3.05, 3.63) is 237 Å². The maximum atomic E-state index is 4.79. The van der Waals surface area contributed by atoms with Crippen LogP contribution in [0.15, 0.2) is 219 Å². The van der Waals surface area contributed by atoms with Crippen LogP contribution in [0.4, 0.5) is 0 Å². The van der Waals surface area contributed by atoms with Gasteiger partial charge >= 0.3 is 20.1 Å². The zero-order valence-corrected chi connectivity index (χ0v) is 37.7. The van der Waals surface area contributed by atoms with Crippen LogP contribution in [-0.2, 0) is 20.1 Å². The molecule has 7 aromatic carbocycles.